The van der Waals surface area contributed by atoms with E-state index in [2.05, 4.69) is 9.71 Å². The smallest absolute Gasteiger partial charge is 0.263 e. The Morgan fingerprint density at radius 1 is 1.30 bits per heavy atom. The molecule has 1 aromatic heterocycles. The van der Waals surface area contributed by atoms with Crippen molar-refractivity contribution in [2.24, 2.45) is 0 Å². The highest BCUT2D eigenvalue weighted by Gasteiger charge is 2.16. The number of thiazole rings is 1. The molecule has 23 heavy (non-hydrogen) atoms. The summed E-state index contributed by atoms with van der Waals surface area (Å²) in [6.45, 7) is 1.69. The molecule has 124 valence electrons. The number of likely N-dealkylation sites (N-methyl/N-ethyl adjacent to an activating group) is 1. The van der Waals surface area contributed by atoms with Gasteiger partial charge in [-0.25, -0.2) is 13.4 Å². The molecule has 0 atom stereocenters. The van der Waals surface area contributed by atoms with E-state index in [0.717, 1.165) is 5.69 Å². The van der Waals surface area contributed by atoms with Gasteiger partial charge in [-0.05, 0) is 31.2 Å². The Balaban J connectivity index is 2.04. The molecule has 1 heterocycles. The number of ether oxygens (including phenoxy) is 1. The van der Waals surface area contributed by atoms with E-state index in [9.17, 15) is 13.2 Å². The summed E-state index contributed by atoms with van der Waals surface area (Å²) in [4.78, 5) is 17.0. The summed E-state index contributed by atoms with van der Waals surface area (Å²) in [5.41, 5.74) is 0.752. The Morgan fingerprint density at radius 2 is 1.96 bits per heavy atom. The molecule has 1 amide bonds. The normalized spacial score (nSPS) is 11.1. The Kier molecular flexibility index (Phi) is 5.22. The Morgan fingerprint density at radius 3 is 2.48 bits per heavy atom. The molecule has 1 aromatic carbocycles. The van der Waals surface area contributed by atoms with Crippen LogP contribution in [-0.2, 0) is 14.8 Å². The van der Waals surface area contributed by atoms with E-state index in [0.29, 0.717) is 10.9 Å². The monoisotopic (exact) mass is 355 g/mol. The number of hydrogen-bond acceptors (Lipinski definition) is 6. The van der Waals surface area contributed by atoms with Gasteiger partial charge in [-0.1, -0.05) is 0 Å². The van der Waals surface area contributed by atoms with Gasteiger partial charge in [0.1, 0.15) is 5.75 Å². The van der Waals surface area contributed by atoms with Crippen LogP contribution in [0.25, 0.3) is 0 Å². The number of nitrogens with one attached hydrogen (secondary N) is 1. The lowest BCUT2D eigenvalue weighted by Crippen LogP contribution is -2.27. The van der Waals surface area contributed by atoms with Crippen molar-refractivity contribution < 1.29 is 17.9 Å². The Bertz CT molecular complexity index is 783. The number of anilines is 1. The number of aromatic nitrogens is 1. The van der Waals surface area contributed by atoms with Gasteiger partial charge in [0.2, 0.25) is 0 Å². The van der Waals surface area contributed by atoms with E-state index in [1.807, 2.05) is 0 Å². The van der Waals surface area contributed by atoms with Crippen LogP contribution in [-0.4, -0.2) is 44.9 Å². The van der Waals surface area contributed by atoms with Crippen molar-refractivity contribution in [1.82, 2.24) is 9.88 Å². The third-order valence-electron chi connectivity index (χ3n) is 2.84. The van der Waals surface area contributed by atoms with Gasteiger partial charge >= 0.3 is 0 Å². The van der Waals surface area contributed by atoms with E-state index in [4.69, 9.17) is 4.74 Å². The predicted octanol–water partition coefficient (Wildman–Crippen LogP) is 1.72. The van der Waals surface area contributed by atoms with Crippen LogP contribution in [0.4, 0.5) is 5.13 Å². The summed E-state index contributed by atoms with van der Waals surface area (Å²) >= 11 is 1.22. The van der Waals surface area contributed by atoms with Crippen molar-refractivity contribution in [3.63, 3.8) is 0 Å². The number of carbonyl (C=O) groups excluding carboxylic acids is 1. The molecule has 9 heteroatoms. The average molecular weight is 355 g/mol. The molecular weight excluding hydrogens is 338 g/mol. The molecular formula is C14H17N3O4S2. The molecule has 2 aromatic rings. The molecule has 0 fully saturated rings. The zero-order chi connectivity index (χ0) is 17.0. The first-order valence-electron chi connectivity index (χ1n) is 6.66. The van der Waals surface area contributed by atoms with Gasteiger partial charge < -0.3 is 9.64 Å². The lowest BCUT2D eigenvalue weighted by atomic mass is 10.3. The molecule has 2 rings (SSSR count). The van der Waals surface area contributed by atoms with Crippen molar-refractivity contribution in [3.05, 3.63) is 35.3 Å². The van der Waals surface area contributed by atoms with Gasteiger partial charge in [0.15, 0.2) is 11.7 Å². The van der Waals surface area contributed by atoms with E-state index in [1.54, 1.807) is 26.4 Å². The number of sulfonamides is 1. The van der Waals surface area contributed by atoms with Crippen molar-refractivity contribution in [2.45, 2.75) is 11.8 Å². The number of carbonyl (C=O) groups is 1. The van der Waals surface area contributed by atoms with Gasteiger partial charge in [-0.15, -0.1) is 11.3 Å². The van der Waals surface area contributed by atoms with E-state index in [1.165, 1.54) is 40.5 Å². The Labute approximate surface area is 139 Å². The second-order valence-corrected chi connectivity index (χ2v) is 7.49. The summed E-state index contributed by atoms with van der Waals surface area (Å²) in [5, 5.41) is 2.08. The van der Waals surface area contributed by atoms with Crippen LogP contribution < -0.4 is 9.46 Å². The van der Waals surface area contributed by atoms with Crippen LogP contribution in [0.2, 0.25) is 0 Å². The summed E-state index contributed by atoms with van der Waals surface area (Å²) in [6.07, 6.45) is 0. The van der Waals surface area contributed by atoms with Crippen LogP contribution in [0.5, 0.6) is 5.75 Å². The number of rotatable bonds is 6. The van der Waals surface area contributed by atoms with Gasteiger partial charge in [-0.2, -0.15) is 0 Å². The maximum atomic E-state index is 12.2. The summed E-state index contributed by atoms with van der Waals surface area (Å²) < 4.78 is 32.2. The number of aryl methyl sites for hydroxylation is 1. The van der Waals surface area contributed by atoms with Crippen LogP contribution in [0, 0.1) is 6.92 Å². The SMILES string of the molecule is Cc1csc(NS(=O)(=O)c2ccc(OCC(=O)N(C)C)cc2)n1. The first kappa shape index (κ1) is 17.2. The van der Waals surface area contributed by atoms with Crippen LogP contribution in [0.15, 0.2) is 34.5 Å². The third-order valence-corrected chi connectivity index (χ3v) is 5.20. The van der Waals surface area contributed by atoms with Gasteiger partial charge in [0, 0.05) is 19.5 Å². The molecule has 0 spiro atoms. The maximum Gasteiger partial charge on any atom is 0.263 e. The fourth-order valence-electron chi connectivity index (χ4n) is 1.56. The molecule has 0 radical (unpaired) electrons. The Hall–Kier alpha value is -2.13. The minimum Gasteiger partial charge on any atom is -0.484 e. The standard InChI is InChI=1S/C14H17N3O4S2/c1-10-9-22-14(15-10)16-23(19,20)12-6-4-11(5-7-12)21-8-13(18)17(2)3/h4-7,9H,8H2,1-3H3,(H,15,16). The predicted molar refractivity (Wildman–Crippen MR) is 88.3 cm³/mol. The molecule has 7 nitrogen and oxygen atoms in total. The minimum atomic E-state index is -3.69. The van der Waals surface area contributed by atoms with Crippen LogP contribution in [0.3, 0.4) is 0 Å². The number of amides is 1. The summed E-state index contributed by atoms with van der Waals surface area (Å²) in [6, 6.07) is 5.84. The molecule has 0 saturated carbocycles. The summed E-state index contributed by atoms with van der Waals surface area (Å²) in [5.74, 6) is 0.242. The zero-order valence-corrected chi connectivity index (χ0v) is 14.6. The lowest BCUT2D eigenvalue weighted by Gasteiger charge is -2.11. The third kappa shape index (κ3) is 4.67. The average Bonchev–Trinajstić information content (AvgIpc) is 2.89. The second kappa shape index (κ2) is 6.97. The van der Waals surface area contributed by atoms with Crippen molar-refractivity contribution in [3.8, 4) is 5.75 Å². The number of nitrogens with zero attached hydrogens (tertiary/aromatic N) is 2. The fraction of sp³-hybridized carbons (Fsp3) is 0.286. The molecule has 0 bridgehead atoms. The molecule has 0 aliphatic carbocycles. The zero-order valence-electron chi connectivity index (χ0n) is 12.9. The number of hydrogen-bond donors (Lipinski definition) is 1. The lowest BCUT2D eigenvalue weighted by molar-refractivity contribution is -0.130. The highest BCUT2D eigenvalue weighted by molar-refractivity contribution is 7.93. The van der Waals surface area contributed by atoms with Gasteiger partial charge in [0.25, 0.3) is 15.9 Å². The highest BCUT2D eigenvalue weighted by Crippen LogP contribution is 2.21. The molecule has 0 saturated heterocycles. The van der Waals surface area contributed by atoms with E-state index < -0.39 is 10.0 Å². The van der Waals surface area contributed by atoms with Crippen molar-refractivity contribution in [1.29, 1.82) is 0 Å². The van der Waals surface area contributed by atoms with E-state index >= 15 is 0 Å². The molecule has 0 aliphatic rings. The van der Waals surface area contributed by atoms with Crippen LogP contribution >= 0.6 is 11.3 Å². The fourth-order valence-corrected chi connectivity index (χ4v) is 3.50. The largest absolute Gasteiger partial charge is 0.484 e. The van der Waals surface area contributed by atoms with Gasteiger partial charge in [0.05, 0.1) is 10.6 Å². The maximum absolute atomic E-state index is 12.2. The van der Waals surface area contributed by atoms with Gasteiger partial charge in [-0.3, -0.25) is 9.52 Å². The molecule has 1 N–H and O–H groups in total. The molecule has 0 unspecified atom stereocenters. The van der Waals surface area contributed by atoms with Crippen molar-refractivity contribution in [2.75, 3.05) is 25.4 Å². The van der Waals surface area contributed by atoms with Crippen LogP contribution in [0.1, 0.15) is 5.69 Å². The first-order valence-corrected chi connectivity index (χ1v) is 9.02. The number of benzene rings is 1. The second-order valence-electron chi connectivity index (χ2n) is 4.95. The first-order chi connectivity index (χ1) is 10.8. The quantitative estimate of drug-likeness (QED) is 0.852. The van der Waals surface area contributed by atoms with Crippen molar-refractivity contribution >= 4 is 32.4 Å². The summed E-state index contributed by atoms with van der Waals surface area (Å²) in [7, 11) is -0.430. The topological polar surface area (TPSA) is 88.6 Å². The highest BCUT2D eigenvalue weighted by atomic mass is 32.2. The van der Waals surface area contributed by atoms with E-state index in [-0.39, 0.29) is 17.4 Å². The minimum absolute atomic E-state index is 0.0941. The molecule has 0 aliphatic heterocycles.